The molecule has 0 aromatic heterocycles. The van der Waals surface area contributed by atoms with E-state index in [9.17, 15) is 14.0 Å². The number of carbonyl (C=O) groups is 2. The third-order valence-electron chi connectivity index (χ3n) is 3.32. The lowest BCUT2D eigenvalue weighted by Gasteiger charge is -2.10. The van der Waals surface area contributed by atoms with Crippen LogP contribution in [0.5, 0.6) is 0 Å². The molecular formula is C18H19ClFN3O2. The Labute approximate surface area is 150 Å². The summed E-state index contributed by atoms with van der Waals surface area (Å²) in [5.74, 6) is -1.02. The Morgan fingerprint density at radius 3 is 2.64 bits per heavy atom. The zero-order valence-electron chi connectivity index (χ0n) is 13.7. The predicted octanol–water partition coefficient (Wildman–Crippen LogP) is 3.67. The van der Waals surface area contributed by atoms with Gasteiger partial charge in [0.15, 0.2) is 0 Å². The number of hydrogen-bond donors (Lipinski definition) is 3. The fourth-order valence-electron chi connectivity index (χ4n) is 2.07. The fraction of sp³-hybridized carbons (Fsp3) is 0.222. The molecule has 0 fully saturated rings. The second-order valence-electron chi connectivity index (χ2n) is 5.37. The van der Waals surface area contributed by atoms with Gasteiger partial charge in [-0.15, -0.1) is 0 Å². The fourth-order valence-corrected chi connectivity index (χ4v) is 2.25. The number of nitrogens with one attached hydrogen (secondary N) is 3. The summed E-state index contributed by atoms with van der Waals surface area (Å²) in [6.45, 7) is 2.58. The summed E-state index contributed by atoms with van der Waals surface area (Å²) in [5.41, 5.74) is 1.58. The molecule has 0 atom stereocenters. The Morgan fingerprint density at radius 2 is 1.92 bits per heavy atom. The topological polar surface area (TPSA) is 70.2 Å². The van der Waals surface area contributed by atoms with Crippen LogP contribution in [0.3, 0.4) is 0 Å². The van der Waals surface area contributed by atoms with E-state index in [0.29, 0.717) is 23.5 Å². The van der Waals surface area contributed by atoms with E-state index in [-0.39, 0.29) is 23.4 Å². The van der Waals surface area contributed by atoms with E-state index in [4.69, 9.17) is 11.6 Å². The van der Waals surface area contributed by atoms with Crippen molar-refractivity contribution in [3.8, 4) is 0 Å². The molecule has 0 aliphatic heterocycles. The third kappa shape index (κ3) is 5.76. The summed E-state index contributed by atoms with van der Waals surface area (Å²) in [6, 6.07) is 10.8. The summed E-state index contributed by atoms with van der Waals surface area (Å²) < 4.78 is 13.1. The van der Waals surface area contributed by atoms with Crippen molar-refractivity contribution in [2.24, 2.45) is 0 Å². The molecule has 132 valence electrons. The maximum Gasteiger partial charge on any atom is 0.251 e. The van der Waals surface area contributed by atoms with Crippen molar-refractivity contribution in [2.45, 2.75) is 13.3 Å². The van der Waals surface area contributed by atoms with E-state index in [2.05, 4.69) is 16.0 Å². The molecule has 0 saturated carbocycles. The van der Waals surface area contributed by atoms with Crippen LogP contribution in [0, 0.1) is 5.82 Å². The first-order valence-electron chi connectivity index (χ1n) is 7.86. The van der Waals surface area contributed by atoms with Gasteiger partial charge < -0.3 is 16.0 Å². The maximum absolute atomic E-state index is 13.1. The number of carbonyl (C=O) groups excluding carboxylic acids is 2. The normalized spacial score (nSPS) is 10.2. The van der Waals surface area contributed by atoms with Gasteiger partial charge in [0.2, 0.25) is 5.91 Å². The van der Waals surface area contributed by atoms with Crippen LogP contribution in [0.2, 0.25) is 5.02 Å². The highest BCUT2D eigenvalue weighted by atomic mass is 35.5. The Kier molecular flexibility index (Phi) is 6.77. The van der Waals surface area contributed by atoms with E-state index in [0.717, 1.165) is 6.42 Å². The summed E-state index contributed by atoms with van der Waals surface area (Å²) >= 11 is 5.67. The summed E-state index contributed by atoms with van der Waals surface area (Å²) in [4.78, 5) is 23.9. The van der Waals surface area contributed by atoms with Crippen LogP contribution in [0.4, 0.5) is 15.8 Å². The highest BCUT2D eigenvalue weighted by molar-refractivity contribution is 6.31. The van der Waals surface area contributed by atoms with Crippen LogP contribution in [0.25, 0.3) is 0 Å². The zero-order valence-corrected chi connectivity index (χ0v) is 14.5. The molecule has 0 saturated heterocycles. The first-order valence-corrected chi connectivity index (χ1v) is 8.24. The van der Waals surface area contributed by atoms with Gasteiger partial charge in [-0.1, -0.05) is 24.6 Å². The minimum Gasteiger partial charge on any atom is -0.376 e. The molecule has 0 aliphatic carbocycles. The van der Waals surface area contributed by atoms with E-state index >= 15 is 0 Å². The molecule has 0 spiro atoms. The lowest BCUT2D eigenvalue weighted by atomic mass is 10.2. The second kappa shape index (κ2) is 9.03. The van der Waals surface area contributed by atoms with Gasteiger partial charge >= 0.3 is 0 Å². The summed E-state index contributed by atoms with van der Waals surface area (Å²) in [7, 11) is 0. The van der Waals surface area contributed by atoms with Gasteiger partial charge in [0.25, 0.3) is 5.91 Å². The Hall–Kier alpha value is -2.60. The summed E-state index contributed by atoms with van der Waals surface area (Å²) in [6.07, 6.45) is 0.858. The van der Waals surface area contributed by atoms with Crippen molar-refractivity contribution >= 4 is 34.8 Å². The van der Waals surface area contributed by atoms with Gasteiger partial charge in [-0.05, 0) is 42.8 Å². The first kappa shape index (κ1) is 18.7. The molecule has 2 amide bonds. The minimum atomic E-state index is -0.545. The quantitative estimate of drug-likeness (QED) is 0.703. The molecule has 2 rings (SSSR count). The molecule has 5 nitrogen and oxygen atoms in total. The standard InChI is InChI=1S/C18H19ClFN3O2/c1-2-8-21-18(25)12-4-3-5-13(9-12)22-11-17(24)23-14-6-7-16(20)15(19)10-14/h3-7,9-10,22H,2,8,11H2,1H3,(H,21,25)(H,23,24). The van der Waals surface area contributed by atoms with Crippen LogP contribution >= 0.6 is 11.6 Å². The average molecular weight is 364 g/mol. The highest BCUT2D eigenvalue weighted by Crippen LogP contribution is 2.19. The van der Waals surface area contributed by atoms with Crippen LogP contribution in [0.1, 0.15) is 23.7 Å². The number of halogens is 2. The van der Waals surface area contributed by atoms with Crippen molar-refractivity contribution in [1.82, 2.24) is 5.32 Å². The van der Waals surface area contributed by atoms with Crippen molar-refractivity contribution in [3.05, 3.63) is 58.9 Å². The largest absolute Gasteiger partial charge is 0.376 e. The number of anilines is 2. The molecule has 0 bridgehead atoms. The van der Waals surface area contributed by atoms with Crippen molar-refractivity contribution < 1.29 is 14.0 Å². The van der Waals surface area contributed by atoms with Gasteiger partial charge in [-0.2, -0.15) is 0 Å². The molecule has 0 radical (unpaired) electrons. The van der Waals surface area contributed by atoms with E-state index in [1.165, 1.54) is 18.2 Å². The van der Waals surface area contributed by atoms with Gasteiger partial charge in [0.05, 0.1) is 11.6 Å². The molecule has 7 heteroatoms. The Balaban J connectivity index is 1.90. The molecule has 0 heterocycles. The molecule has 3 N–H and O–H groups in total. The van der Waals surface area contributed by atoms with Gasteiger partial charge in [-0.3, -0.25) is 9.59 Å². The van der Waals surface area contributed by atoms with Crippen LogP contribution in [-0.4, -0.2) is 24.9 Å². The molecular weight excluding hydrogens is 345 g/mol. The van der Waals surface area contributed by atoms with Crippen molar-refractivity contribution in [1.29, 1.82) is 0 Å². The van der Waals surface area contributed by atoms with Gasteiger partial charge in [-0.25, -0.2) is 4.39 Å². The number of benzene rings is 2. The maximum atomic E-state index is 13.1. The highest BCUT2D eigenvalue weighted by Gasteiger charge is 2.07. The van der Waals surface area contributed by atoms with Gasteiger partial charge in [0.1, 0.15) is 5.82 Å². The Bertz CT molecular complexity index is 768. The monoisotopic (exact) mass is 363 g/mol. The smallest absolute Gasteiger partial charge is 0.251 e. The molecule has 0 aliphatic rings. The number of rotatable bonds is 7. The lowest BCUT2D eigenvalue weighted by Crippen LogP contribution is -2.24. The van der Waals surface area contributed by atoms with Crippen LogP contribution in [0.15, 0.2) is 42.5 Å². The number of amides is 2. The Morgan fingerprint density at radius 1 is 1.12 bits per heavy atom. The van der Waals surface area contributed by atoms with Crippen molar-refractivity contribution in [2.75, 3.05) is 23.7 Å². The van der Waals surface area contributed by atoms with Crippen LogP contribution in [-0.2, 0) is 4.79 Å². The minimum absolute atomic E-state index is 0.00493. The lowest BCUT2D eigenvalue weighted by molar-refractivity contribution is -0.114. The second-order valence-corrected chi connectivity index (χ2v) is 5.77. The third-order valence-corrected chi connectivity index (χ3v) is 3.61. The zero-order chi connectivity index (χ0) is 18.2. The van der Waals surface area contributed by atoms with Crippen molar-refractivity contribution in [3.63, 3.8) is 0 Å². The van der Waals surface area contributed by atoms with Crippen LogP contribution < -0.4 is 16.0 Å². The average Bonchev–Trinajstić information content (AvgIpc) is 2.61. The predicted molar refractivity (Wildman–Crippen MR) is 97.6 cm³/mol. The number of hydrogen-bond acceptors (Lipinski definition) is 3. The molecule has 0 unspecified atom stereocenters. The van der Waals surface area contributed by atoms with E-state index < -0.39 is 5.82 Å². The van der Waals surface area contributed by atoms with E-state index in [1.807, 2.05) is 6.92 Å². The SMILES string of the molecule is CCCNC(=O)c1cccc(NCC(=O)Nc2ccc(F)c(Cl)c2)c1. The molecule has 2 aromatic carbocycles. The van der Waals surface area contributed by atoms with E-state index in [1.54, 1.807) is 24.3 Å². The molecule has 2 aromatic rings. The van der Waals surface area contributed by atoms with Gasteiger partial charge in [0, 0.05) is 23.5 Å². The first-order chi connectivity index (χ1) is 12.0. The molecule has 25 heavy (non-hydrogen) atoms. The summed E-state index contributed by atoms with van der Waals surface area (Å²) in [5, 5.41) is 8.29.